The van der Waals surface area contributed by atoms with E-state index >= 15 is 0 Å². The molecule has 0 heterocycles. The molecule has 0 radical (unpaired) electrons. The van der Waals surface area contributed by atoms with E-state index in [0.717, 1.165) is 16.8 Å². The van der Waals surface area contributed by atoms with Crippen molar-refractivity contribution in [3.05, 3.63) is 64.2 Å². The Morgan fingerprint density at radius 1 is 1.11 bits per heavy atom. The van der Waals surface area contributed by atoms with Crippen LogP contribution in [-0.4, -0.2) is 0 Å². The molecule has 0 aliphatic carbocycles. The van der Waals surface area contributed by atoms with Crippen molar-refractivity contribution in [2.45, 2.75) is 19.9 Å². The number of hydrogen-bond donors (Lipinski definition) is 1. The lowest BCUT2D eigenvalue weighted by Gasteiger charge is -2.09. The van der Waals surface area contributed by atoms with Gasteiger partial charge in [0.2, 0.25) is 0 Å². The average Bonchev–Trinajstić information content (AvgIpc) is 2.38. The van der Waals surface area contributed by atoms with Crippen molar-refractivity contribution < 1.29 is 8.78 Å². The molecule has 2 aromatic rings. The summed E-state index contributed by atoms with van der Waals surface area (Å²) >= 11 is 6.10. The Morgan fingerprint density at radius 3 is 2.37 bits per heavy atom. The first-order valence-corrected chi connectivity index (χ1v) is 6.31. The van der Waals surface area contributed by atoms with Gasteiger partial charge >= 0.3 is 0 Å². The fourth-order valence-electron chi connectivity index (χ4n) is 1.74. The van der Waals surface area contributed by atoms with Crippen molar-refractivity contribution in [3.63, 3.8) is 0 Å². The molecule has 2 rings (SSSR count). The SMILES string of the molecule is Cc1ccc(NCc2ccc(C(F)F)cc2)c(Cl)c1. The van der Waals surface area contributed by atoms with Crippen molar-refractivity contribution >= 4 is 17.3 Å². The molecule has 0 atom stereocenters. The number of benzene rings is 2. The summed E-state index contributed by atoms with van der Waals surface area (Å²) in [6.07, 6.45) is -2.42. The molecule has 1 nitrogen and oxygen atoms in total. The third kappa shape index (κ3) is 3.67. The Balaban J connectivity index is 2.02. The zero-order valence-electron chi connectivity index (χ0n) is 10.5. The Labute approximate surface area is 116 Å². The van der Waals surface area contributed by atoms with Crippen LogP contribution in [0.2, 0.25) is 5.02 Å². The van der Waals surface area contributed by atoms with Crippen LogP contribution in [0, 0.1) is 6.92 Å². The quantitative estimate of drug-likeness (QED) is 0.812. The highest BCUT2D eigenvalue weighted by Crippen LogP contribution is 2.24. The molecule has 0 saturated carbocycles. The Morgan fingerprint density at radius 2 is 1.79 bits per heavy atom. The highest BCUT2D eigenvalue weighted by Gasteiger charge is 2.06. The van der Waals surface area contributed by atoms with E-state index in [1.165, 1.54) is 12.1 Å². The fourth-order valence-corrected chi connectivity index (χ4v) is 2.04. The topological polar surface area (TPSA) is 12.0 Å². The van der Waals surface area contributed by atoms with Crippen LogP contribution in [0.4, 0.5) is 14.5 Å². The van der Waals surface area contributed by atoms with Crippen LogP contribution in [-0.2, 0) is 6.54 Å². The van der Waals surface area contributed by atoms with Gasteiger partial charge in [-0.25, -0.2) is 8.78 Å². The minimum atomic E-state index is -2.42. The van der Waals surface area contributed by atoms with Gasteiger partial charge in [0.1, 0.15) is 0 Å². The van der Waals surface area contributed by atoms with Gasteiger partial charge in [-0.1, -0.05) is 41.9 Å². The van der Waals surface area contributed by atoms with Gasteiger partial charge in [0.15, 0.2) is 0 Å². The van der Waals surface area contributed by atoms with Crippen LogP contribution >= 0.6 is 11.6 Å². The molecule has 2 aromatic carbocycles. The third-order valence-electron chi connectivity index (χ3n) is 2.84. The monoisotopic (exact) mass is 281 g/mol. The van der Waals surface area contributed by atoms with Gasteiger partial charge in [0, 0.05) is 12.1 Å². The van der Waals surface area contributed by atoms with Gasteiger partial charge in [0.25, 0.3) is 6.43 Å². The van der Waals surface area contributed by atoms with Crippen molar-refractivity contribution in [2.24, 2.45) is 0 Å². The molecule has 100 valence electrons. The van der Waals surface area contributed by atoms with Gasteiger partial charge < -0.3 is 5.32 Å². The van der Waals surface area contributed by atoms with Crippen molar-refractivity contribution in [2.75, 3.05) is 5.32 Å². The summed E-state index contributed by atoms with van der Waals surface area (Å²) in [6, 6.07) is 12.0. The van der Waals surface area contributed by atoms with E-state index in [-0.39, 0.29) is 5.56 Å². The summed E-state index contributed by atoms with van der Waals surface area (Å²) in [4.78, 5) is 0. The maximum absolute atomic E-state index is 12.4. The second-order valence-electron chi connectivity index (χ2n) is 4.38. The molecule has 0 aliphatic rings. The van der Waals surface area contributed by atoms with E-state index in [2.05, 4.69) is 5.32 Å². The molecular formula is C15H14ClF2N. The van der Waals surface area contributed by atoms with Gasteiger partial charge in [-0.2, -0.15) is 0 Å². The van der Waals surface area contributed by atoms with E-state index in [9.17, 15) is 8.78 Å². The number of rotatable bonds is 4. The lowest BCUT2D eigenvalue weighted by molar-refractivity contribution is 0.151. The number of aryl methyl sites for hydroxylation is 1. The molecule has 0 unspecified atom stereocenters. The highest BCUT2D eigenvalue weighted by molar-refractivity contribution is 6.33. The highest BCUT2D eigenvalue weighted by atomic mass is 35.5. The molecular weight excluding hydrogens is 268 g/mol. The van der Waals surface area contributed by atoms with Crippen LogP contribution in [0.3, 0.4) is 0 Å². The number of halogens is 3. The van der Waals surface area contributed by atoms with E-state index < -0.39 is 6.43 Å². The maximum Gasteiger partial charge on any atom is 0.263 e. The fraction of sp³-hybridized carbons (Fsp3) is 0.200. The Hall–Kier alpha value is -1.61. The standard InChI is InChI=1S/C15H14ClF2N/c1-10-2-7-14(13(16)8-10)19-9-11-3-5-12(6-4-11)15(17)18/h2-8,15,19H,9H2,1H3. The Kier molecular flexibility index (Phi) is 4.38. The molecule has 0 saturated heterocycles. The summed E-state index contributed by atoms with van der Waals surface area (Å²) in [5.74, 6) is 0. The summed E-state index contributed by atoms with van der Waals surface area (Å²) in [6.45, 7) is 2.52. The summed E-state index contributed by atoms with van der Waals surface area (Å²) in [7, 11) is 0. The summed E-state index contributed by atoms with van der Waals surface area (Å²) in [5.41, 5.74) is 2.90. The zero-order chi connectivity index (χ0) is 13.8. The van der Waals surface area contributed by atoms with Crippen LogP contribution in [0.15, 0.2) is 42.5 Å². The first-order valence-electron chi connectivity index (χ1n) is 5.93. The molecule has 0 spiro atoms. The predicted molar refractivity (Wildman–Crippen MR) is 74.9 cm³/mol. The minimum Gasteiger partial charge on any atom is -0.380 e. The summed E-state index contributed by atoms with van der Waals surface area (Å²) in [5, 5.41) is 3.84. The van der Waals surface area contributed by atoms with Crippen molar-refractivity contribution in [3.8, 4) is 0 Å². The number of hydrogen-bond acceptors (Lipinski definition) is 1. The largest absolute Gasteiger partial charge is 0.380 e. The van der Waals surface area contributed by atoms with E-state index in [0.29, 0.717) is 11.6 Å². The lowest BCUT2D eigenvalue weighted by Crippen LogP contribution is -2.00. The molecule has 0 aliphatic heterocycles. The van der Waals surface area contributed by atoms with Crippen molar-refractivity contribution in [1.82, 2.24) is 0 Å². The number of anilines is 1. The van der Waals surface area contributed by atoms with E-state index in [4.69, 9.17) is 11.6 Å². The second kappa shape index (κ2) is 6.02. The van der Waals surface area contributed by atoms with Gasteiger partial charge in [-0.15, -0.1) is 0 Å². The predicted octanol–water partition coefficient (Wildman–Crippen LogP) is 5.20. The zero-order valence-corrected chi connectivity index (χ0v) is 11.2. The van der Waals surface area contributed by atoms with Crippen LogP contribution < -0.4 is 5.32 Å². The lowest BCUT2D eigenvalue weighted by atomic mass is 10.1. The van der Waals surface area contributed by atoms with Gasteiger partial charge in [0.05, 0.1) is 10.7 Å². The first kappa shape index (κ1) is 13.8. The second-order valence-corrected chi connectivity index (χ2v) is 4.79. The van der Waals surface area contributed by atoms with Crippen LogP contribution in [0.5, 0.6) is 0 Å². The van der Waals surface area contributed by atoms with E-state index in [1.54, 1.807) is 12.1 Å². The molecule has 0 bridgehead atoms. The average molecular weight is 282 g/mol. The van der Waals surface area contributed by atoms with Gasteiger partial charge in [-0.05, 0) is 30.2 Å². The summed E-state index contributed by atoms with van der Waals surface area (Å²) < 4.78 is 24.8. The molecule has 19 heavy (non-hydrogen) atoms. The smallest absolute Gasteiger partial charge is 0.263 e. The number of nitrogens with one attached hydrogen (secondary N) is 1. The van der Waals surface area contributed by atoms with Crippen LogP contribution in [0.25, 0.3) is 0 Å². The molecule has 4 heteroatoms. The third-order valence-corrected chi connectivity index (χ3v) is 3.15. The molecule has 1 N–H and O–H groups in total. The van der Waals surface area contributed by atoms with Gasteiger partial charge in [-0.3, -0.25) is 0 Å². The molecule has 0 fully saturated rings. The van der Waals surface area contributed by atoms with Crippen molar-refractivity contribution in [1.29, 1.82) is 0 Å². The molecule has 0 aromatic heterocycles. The van der Waals surface area contributed by atoms with Crippen LogP contribution in [0.1, 0.15) is 23.1 Å². The maximum atomic E-state index is 12.4. The normalized spacial score (nSPS) is 10.8. The Bertz CT molecular complexity index is 553. The number of alkyl halides is 2. The minimum absolute atomic E-state index is 0.0390. The molecule has 0 amide bonds. The first-order chi connectivity index (χ1) is 9.06. The van der Waals surface area contributed by atoms with E-state index in [1.807, 2.05) is 25.1 Å².